The van der Waals surface area contributed by atoms with E-state index in [4.69, 9.17) is 26.5 Å². The quantitative estimate of drug-likeness (QED) is 0.289. The highest BCUT2D eigenvalue weighted by molar-refractivity contribution is 7.91. The van der Waals surface area contributed by atoms with Crippen molar-refractivity contribution >= 4 is 56.0 Å². The van der Waals surface area contributed by atoms with Crippen LogP contribution in [0.3, 0.4) is 0 Å². The molecule has 204 valence electrons. The molecule has 2 amide bonds. The van der Waals surface area contributed by atoms with Crippen molar-refractivity contribution < 1.29 is 22.7 Å². The van der Waals surface area contributed by atoms with Crippen LogP contribution in [0.15, 0.2) is 54.4 Å². The normalized spacial score (nSPS) is 26.7. The number of sulfonamides is 1. The van der Waals surface area contributed by atoms with Crippen molar-refractivity contribution in [1.82, 2.24) is 24.4 Å². The number of hydrogen-bond donors (Lipinski definition) is 2. The predicted molar refractivity (Wildman–Crippen MR) is 147 cm³/mol. The molecular formula is C26H26ClN5O5S2. The fourth-order valence-electron chi connectivity index (χ4n) is 4.90. The van der Waals surface area contributed by atoms with Crippen LogP contribution in [0, 0.1) is 5.92 Å². The Hall–Kier alpha value is -3.06. The minimum atomic E-state index is -3.76. The zero-order valence-electron chi connectivity index (χ0n) is 20.7. The van der Waals surface area contributed by atoms with Crippen LogP contribution in [0.4, 0.5) is 0 Å². The number of nitrogens with one attached hydrogen (secondary N) is 2. The third-order valence-corrected chi connectivity index (χ3v) is 10.4. The Morgan fingerprint density at radius 2 is 1.92 bits per heavy atom. The molecule has 0 bridgehead atoms. The molecule has 0 spiro atoms. The highest BCUT2D eigenvalue weighted by Gasteiger charge is 2.61. The van der Waals surface area contributed by atoms with E-state index in [2.05, 4.69) is 16.6 Å². The van der Waals surface area contributed by atoms with Crippen LogP contribution in [0.2, 0.25) is 0 Å². The largest absolute Gasteiger partial charge is 0.471 e. The summed E-state index contributed by atoms with van der Waals surface area (Å²) in [4.78, 5) is 36.7. The van der Waals surface area contributed by atoms with Gasteiger partial charge in [-0.15, -0.1) is 17.9 Å². The minimum Gasteiger partial charge on any atom is -0.471 e. The molecule has 0 radical (unpaired) electrons. The second-order valence-corrected chi connectivity index (χ2v) is 13.4. The van der Waals surface area contributed by atoms with Crippen LogP contribution in [-0.4, -0.2) is 64.1 Å². The fraction of sp³-hybridized carbons (Fsp3) is 0.385. The molecule has 2 aromatic heterocycles. The van der Waals surface area contributed by atoms with E-state index in [9.17, 15) is 18.0 Å². The van der Waals surface area contributed by atoms with Gasteiger partial charge in [0, 0.05) is 12.3 Å². The molecule has 0 unspecified atom stereocenters. The van der Waals surface area contributed by atoms with Gasteiger partial charge in [0.1, 0.15) is 23.4 Å². The fourth-order valence-corrected chi connectivity index (χ4v) is 7.29. The maximum atomic E-state index is 13.3. The van der Waals surface area contributed by atoms with Crippen LogP contribution >= 0.6 is 23.1 Å². The number of carbonyl (C=O) groups is 2. The molecule has 1 saturated heterocycles. The van der Waals surface area contributed by atoms with E-state index >= 15 is 0 Å². The van der Waals surface area contributed by atoms with Crippen molar-refractivity contribution in [2.24, 2.45) is 5.92 Å². The number of thiophene rings is 1. The molecule has 13 heteroatoms. The van der Waals surface area contributed by atoms with Crippen molar-refractivity contribution in [2.75, 3.05) is 6.54 Å². The number of rotatable bonds is 9. The lowest BCUT2D eigenvalue weighted by Crippen LogP contribution is -2.55. The first kappa shape index (κ1) is 26.2. The highest BCUT2D eigenvalue weighted by Crippen LogP contribution is 2.45. The van der Waals surface area contributed by atoms with Gasteiger partial charge in [-0.1, -0.05) is 24.3 Å². The Morgan fingerprint density at radius 1 is 1.18 bits per heavy atom. The molecule has 1 aliphatic heterocycles. The SMILES string of the molecule is C=C[C@@H]1C[C@]1(NC(=O)[C@@H]1C[C@@H](Oc2nc3ccccc3nc2-c2cccs2)CN1Cl)C(=O)NS(=O)(=O)C1CC1. The number of halogens is 1. The van der Waals surface area contributed by atoms with Gasteiger partial charge in [0.2, 0.25) is 21.8 Å². The number of hydrogen-bond acceptors (Lipinski definition) is 9. The van der Waals surface area contributed by atoms with Crippen molar-refractivity contribution in [3.8, 4) is 16.5 Å². The van der Waals surface area contributed by atoms with Crippen LogP contribution in [0.25, 0.3) is 21.6 Å². The molecule has 3 fully saturated rings. The van der Waals surface area contributed by atoms with E-state index in [0.717, 1.165) is 10.4 Å². The second-order valence-electron chi connectivity index (χ2n) is 10.1. The van der Waals surface area contributed by atoms with E-state index in [1.54, 1.807) is 6.08 Å². The molecule has 1 aromatic carbocycles. The molecule has 2 saturated carbocycles. The summed E-state index contributed by atoms with van der Waals surface area (Å²) in [5, 5.41) is 4.16. The predicted octanol–water partition coefficient (Wildman–Crippen LogP) is 3.00. The van der Waals surface area contributed by atoms with Gasteiger partial charge >= 0.3 is 0 Å². The maximum absolute atomic E-state index is 13.3. The van der Waals surface area contributed by atoms with Gasteiger partial charge in [0.05, 0.1) is 27.7 Å². The molecule has 3 aliphatic rings. The molecule has 2 aliphatic carbocycles. The van der Waals surface area contributed by atoms with Gasteiger partial charge < -0.3 is 10.1 Å². The van der Waals surface area contributed by atoms with Crippen molar-refractivity contribution in [2.45, 2.75) is 48.6 Å². The average Bonchev–Trinajstić information content (AvgIpc) is 3.79. The Bertz CT molecular complexity index is 1560. The lowest BCUT2D eigenvalue weighted by Gasteiger charge is -2.22. The van der Waals surface area contributed by atoms with Crippen LogP contribution in [0.5, 0.6) is 5.88 Å². The molecule has 4 atom stereocenters. The zero-order chi connectivity index (χ0) is 27.4. The average molecular weight is 588 g/mol. The summed E-state index contributed by atoms with van der Waals surface area (Å²) in [6.45, 7) is 3.96. The van der Waals surface area contributed by atoms with Gasteiger partial charge in [0.15, 0.2) is 0 Å². The first-order chi connectivity index (χ1) is 18.7. The summed E-state index contributed by atoms with van der Waals surface area (Å²) in [7, 11) is -3.76. The van der Waals surface area contributed by atoms with E-state index in [1.165, 1.54) is 15.8 Å². The van der Waals surface area contributed by atoms with Gasteiger partial charge in [-0.05, 0) is 54.6 Å². The van der Waals surface area contributed by atoms with Gasteiger partial charge in [0.25, 0.3) is 5.91 Å². The Labute approximate surface area is 234 Å². The Morgan fingerprint density at radius 3 is 2.56 bits per heavy atom. The molecule has 3 heterocycles. The van der Waals surface area contributed by atoms with E-state index in [0.29, 0.717) is 29.9 Å². The summed E-state index contributed by atoms with van der Waals surface area (Å²) in [5.41, 5.74) is 0.663. The first-order valence-corrected chi connectivity index (χ1v) is 15.4. The highest BCUT2D eigenvalue weighted by atomic mass is 35.5. The maximum Gasteiger partial charge on any atom is 0.259 e. The summed E-state index contributed by atoms with van der Waals surface area (Å²) in [6.07, 6.45) is 2.63. The molecule has 3 aromatic rings. The van der Waals surface area contributed by atoms with Gasteiger partial charge in [-0.25, -0.2) is 22.8 Å². The monoisotopic (exact) mass is 587 g/mol. The Balaban J connectivity index is 1.18. The second kappa shape index (κ2) is 9.84. The standard InChI is InChI=1S/C26H26ClN5O5S2/c1-2-15-13-26(15,25(34)31-39(35,36)17-9-10-17)30-23(33)20-12-16(14-32(20)27)37-24-22(21-8-5-11-38-21)28-18-6-3-4-7-19(18)29-24/h2-8,11,15-17,20H,1,9-10,12-14H2,(H,30,33)(H,31,34)/t15-,16-,20+,26-/m1/s1. The molecule has 6 rings (SSSR count). The summed E-state index contributed by atoms with van der Waals surface area (Å²) in [5.74, 6) is -1.26. The summed E-state index contributed by atoms with van der Waals surface area (Å²) < 4.78 is 34.5. The summed E-state index contributed by atoms with van der Waals surface area (Å²) in [6, 6.07) is 10.6. The number of nitrogens with zero attached hydrogens (tertiary/aromatic N) is 3. The number of aromatic nitrogens is 2. The van der Waals surface area contributed by atoms with E-state index in [-0.39, 0.29) is 25.3 Å². The number of carbonyl (C=O) groups excluding carboxylic acids is 2. The van der Waals surface area contributed by atoms with Crippen molar-refractivity contribution in [3.63, 3.8) is 0 Å². The van der Waals surface area contributed by atoms with Gasteiger partial charge in [-0.3, -0.25) is 14.3 Å². The molecule has 10 nitrogen and oxygen atoms in total. The van der Waals surface area contributed by atoms with Crippen LogP contribution in [-0.2, 0) is 19.6 Å². The zero-order valence-corrected chi connectivity index (χ0v) is 23.1. The Kier molecular flexibility index (Phi) is 6.61. The minimum absolute atomic E-state index is 0.234. The number of ether oxygens (including phenoxy) is 1. The number of benzene rings is 1. The first-order valence-electron chi connectivity index (χ1n) is 12.6. The van der Waals surface area contributed by atoms with E-state index < -0.39 is 44.8 Å². The molecule has 2 N–H and O–H groups in total. The number of para-hydroxylation sites is 2. The summed E-state index contributed by atoms with van der Waals surface area (Å²) >= 11 is 7.98. The van der Waals surface area contributed by atoms with Crippen LogP contribution in [0.1, 0.15) is 25.7 Å². The van der Waals surface area contributed by atoms with Gasteiger partial charge in [-0.2, -0.15) is 0 Å². The third-order valence-electron chi connectivity index (χ3n) is 7.33. The topological polar surface area (TPSA) is 131 Å². The smallest absolute Gasteiger partial charge is 0.259 e. The lowest BCUT2D eigenvalue weighted by molar-refractivity contribution is -0.131. The van der Waals surface area contributed by atoms with E-state index in [1.807, 2.05) is 41.8 Å². The number of amides is 2. The number of fused-ring (bicyclic) bond motifs is 1. The lowest BCUT2D eigenvalue weighted by atomic mass is 10.1. The molecule has 39 heavy (non-hydrogen) atoms. The van der Waals surface area contributed by atoms with Crippen molar-refractivity contribution in [3.05, 3.63) is 54.4 Å². The third kappa shape index (κ3) is 5.02. The van der Waals surface area contributed by atoms with Crippen LogP contribution < -0.4 is 14.8 Å². The van der Waals surface area contributed by atoms with Crippen molar-refractivity contribution in [1.29, 1.82) is 0 Å². The molecular weight excluding hydrogens is 562 g/mol.